The second-order valence-electron chi connectivity index (χ2n) is 4.77. The van der Waals surface area contributed by atoms with Gasteiger partial charge in [0.15, 0.2) is 0 Å². The Morgan fingerprint density at radius 3 is 2.57 bits per heavy atom. The lowest BCUT2D eigenvalue weighted by Gasteiger charge is -2.41. The number of hydrogen-bond acceptors (Lipinski definition) is 3. The summed E-state index contributed by atoms with van der Waals surface area (Å²) < 4.78 is 5.38. The molecule has 82 valence electrons. The Morgan fingerprint density at radius 1 is 1.21 bits per heavy atom. The smallest absolute Gasteiger partial charge is 0.0480 e. The van der Waals surface area contributed by atoms with Crippen LogP contribution in [-0.2, 0) is 4.74 Å². The molecular weight excluding hydrogens is 176 g/mol. The molecule has 2 saturated heterocycles. The van der Waals surface area contributed by atoms with Gasteiger partial charge in [0.2, 0.25) is 0 Å². The maximum Gasteiger partial charge on any atom is 0.0480 e. The molecule has 0 aromatic heterocycles. The fraction of sp³-hybridized carbons (Fsp3) is 1.00. The maximum absolute atomic E-state index is 6.10. The van der Waals surface area contributed by atoms with Gasteiger partial charge in [0.05, 0.1) is 0 Å². The van der Waals surface area contributed by atoms with Crippen LogP contribution >= 0.6 is 0 Å². The number of nitrogens with zero attached hydrogens (tertiary/aromatic N) is 1. The molecule has 0 amide bonds. The summed E-state index contributed by atoms with van der Waals surface area (Å²) in [4.78, 5) is 2.58. The zero-order chi connectivity index (χ0) is 9.97. The topological polar surface area (TPSA) is 38.5 Å². The third-order valence-electron chi connectivity index (χ3n) is 3.76. The minimum Gasteiger partial charge on any atom is -0.381 e. The summed E-state index contributed by atoms with van der Waals surface area (Å²) in [5.41, 5.74) is 6.10. The summed E-state index contributed by atoms with van der Waals surface area (Å²) in [5, 5.41) is 0. The number of piperidine rings is 1. The highest BCUT2D eigenvalue weighted by atomic mass is 16.5. The van der Waals surface area contributed by atoms with Gasteiger partial charge < -0.3 is 10.5 Å². The number of rotatable bonds is 1. The summed E-state index contributed by atoms with van der Waals surface area (Å²) in [5.74, 6) is 0.700. The van der Waals surface area contributed by atoms with E-state index in [1.807, 2.05) is 0 Å². The third kappa shape index (κ3) is 2.27. The van der Waals surface area contributed by atoms with Crippen LogP contribution in [0.25, 0.3) is 0 Å². The second kappa shape index (κ2) is 4.60. The summed E-state index contributed by atoms with van der Waals surface area (Å²) in [7, 11) is 0. The van der Waals surface area contributed by atoms with Crippen molar-refractivity contribution in [3.05, 3.63) is 0 Å². The fourth-order valence-corrected chi connectivity index (χ4v) is 2.51. The first-order valence-corrected chi connectivity index (χ1v) is 5.85. The highest BCUT2D eigenvalue weighted by Gasteiger charge is 2.28. The van der Waals surface area contributed by atoms with Gasteiger partial charge in [0.25, 0.3) is 0 Å². The zero-order valence-electron chi connectivity index (χ0n) is 9.11. The Morgan fingerprint density at radius 2 is 1.93 bits per heavy atom. The van der Waals surface area contributed by atoms with E-state index in [0.29, 0.717) is 12.0 Å². The van der Waals surface area contributed by atoms with Gasteiger partial charge in [0, 0.05) is 31.8 Å². The number of hydrogen-bond donors (Lipinski definition) is 1. The molecule has 2 aliphatic rings. The fourth-order valence-electron chi connectivity index (χ4n) is 2.51. The van der Waals surface area contributed by atoms with Crippen LogP contribution in [-0.4, -0.2) is 43.3 Å². The van der Waals surface area contributed by atoms with E-state index in [9.17, 15) is 0 Å². The lowest BCUT2D eigenvalue weighted by molar-refractivity contribution is 0.0180. The Labute approximate surface area is 86.6 Å². The Kier molecular flexibility index (Phi) is 3.42. The number of ether oxygens (including phenoxy) is 1. The van der Waals surface area contributed by atoms with Crippen LogP contribution in [0.1, 0.15) is 26.2 Å². The second-order valence-corrected chi connectivity index (χ2v) is 4.77. The van der Waals surface area contributed by atoms with Crippen molar-refractivity contribution >= 4 is 0 Å². The predicted molar refractivity (Wildman–Crippen MR) is 57.2 cm³/mol. The molecular formula is C11H22N2O. The molecule has 2 atom stereocenters. The van der Waals surface area contributed by atoms with Gasteiger partial charge in [-0.1, -0.05) is 6.92 Å². The highest BCUT2D eigenvalue weighted by molar-refractivity contribution is 4.85. The van der Waals surface area contributed by atoms with E-state index in [1.54, 1.807) is 0 Å². The van der Waals surface area contributed by atoms with Crippen molar-refractivity contribution in [3.63, 3.8) is 0 Å². The standard InChI is InChI=1S/C11H22N2O/c1-9-2-5-13(8-11(9)12)10-3-6-14-7-4-10/h9-11H,2-8,12H2,1H3. The Hall–Kier alpha value is -0.120. The average Bonchev–Trinajstić information content (AvgIpc) is 2.23. The highest BCUT2D eigenvalue weighted by Crippen LogP contribution is 2.22. The summed E-state index contributed by atoms with van der Waals surface area (Å²) in [6.07, 6.45) is 3.65. The summed E-state index contributed by atoms with van der Waals surface area (Å²) in [6, 6.07) is 1.12. The normalized spacial score (nSPS) is 37.3. The predicted octanol–water partition coefficient (Wildman–Crippen LogP) is 0.835. The molecule has 2 fully saturated rings. The number of nitrogens with two attached hydrogens (primary N) is 1. The summed E-state index contributed by atoms with van der Waals surface area (Å²) >= 11 is 0. The van der Waals surface area contributed by atoms with Crippen LogP contribution in [0.4, 0.5) is 0 Å². The van der Waals surface area contributed by atoms with Crippen molar-refractivity contribution in [1.82, 2.24) is 4.90 Å². The van der Waals surface area contributed by atoms with E-state index in [4.69, 9.17) is 10.5 Å². The van der Waals surface area contributed by atoms with E-state index in [1.165, 1.54) is 25.8 Å². The monoisotopic (exact) mass is 198 g/mol. The molecule has 3 heteroatoms. The van der Waals surface area contributed by atoms with Crippen molar-refractivity contribution in [1.29, 1.82) is 0 Å². The Balaban J connectivity index is 1.85. The first-order chi connectivity index (χ1) is 6.77. The molecule has 0 saturated carbocycles. The zero-order valence-corrected chi connectivity index (χ0v) is 9.11. The van der Waals surface area contributed by atoms with Crippen LogP contribution in [0.3, 0.4) is 0 Å². The summed E-state index contributed by atoms with van der Waals surface area (Å²) in [6.45, 7) is 6.47. The van der Waals surface area contributed by atoms with Gasteiger partial charge in [-0.25, -0.2) is 0 Å². The van der Waals surface area contributed by atoms with Crippen LogP contribution in [0, 0.1) is 5.92 Å². The molecule has 0 aromatic rings. The Bertz CT molecular complexity index is 180. The molecule has 2 heterocycles. The molecule has 2 rings (SSSR count). The van der Waals surface area contributed by atoms with Crippen molar-refractivity contribution < 1.29 is 4.74 Å². The van der Waals surface area contributed by atoms with E-state index >= 15 is 0 Å². The lowest BCUT2D eigenvalue weighted by Crippen LogP contribution is -2.52. The van der Waals surface area contributed by atoms with Crippen molar-refractivity contribution in [3.8, 4) is 0 Å². The van der Waals surface area contributed by atoms with Crippen LogP contribution in [0.2, 0.25) is 0 Å². The van der Waals surface area contributed by atoms with Crippen molar-refractivity contribution in [2.45, 2.75) is 38.3 Å². The number of likely N-dealkylation sites (tertiary alicyclic amines) is 1. The minimum absolute atomic E-state index is 0.381. The molecule has 2 aliphatic heterocycles. The van der Waals surface area contributed by atoms with Crippen LogP contribution in [0.15, 0.2) is 0 Å². The van der Waals surface area contributed by atoms with E-state index in [2.05, 4.69) is 11.8 Å². The first-order valence-electron chi connectivity index (χ1n) is 5.85. The lowest BCUT2D eigenvalue weighted by atomic mass is 9.92. The van der Waals surface area contributed by atoms with Crippen LogP contribution in [0.5, 0.6) is 0 Å². The SMILES string of the molecule is CC1CCN(C2CCOCC2)CC1N. The van der Waals surface area contributed by atoms with E-state index in [-0.39, 0.29) is 0 Å². The quantitative estimate of drug-likeness (QED) is 0.678. The molecule has 3 nitrogen and oxygen atoms in total. The molecule has 0 bridgehead atoms. The molecule has 0 spiro atoms. The molecule has 0 aromatic carbocycles. The molecule has 14 heavy (non-hydrogen) atoms. The van der Waals surface area contributed by atoms with E-state index in [0.717, 1.165) is 25.8 Å². The molecule has 0 radical (unpaired) electrons. The van der Waals surface area contributed by atoms with Gasteiger partial charge in [-0.2, -0.15) is 0 Å². The minimum atomic E-state index is 0.381. The molecule has 2 N–H and O–H groups in total. The third-order valence-corrected chi connectivity index (χ3v) is 3.76. The van der Waals surface area contributed by atoms with Gasteiger partial charge in [-0.3, -0.25) is 4.90 Å². The first kappa shape index (κ1) is 10.4. The van der Waals surface area contributed by atoms with Gasteiger partial charge in [-0.05, 0) is 31.7 Å². The van der Waals surface area contributed by atoms with Gasteiger partial charge >= 0.3 is 0 Å². The molecule has 0 aliphatic carbocycles. The average molecular weight is 198 g/mol. The van der Waals surface area contributed by atoms with E-state index < -0.39 is 0 Å². The van der Waals surface area contributed by atoms with Gasteiger partial charge in [0.1, 0.15) is 0 Å². The molecule has 2 unspecified atom stereocenters. The van der Waals surface area contributed by atoms with Gasteiger partial charge in [-0.15, -0.1) is 0 Å². The van der Waals surface area contributed by atoms with Crippen molar-refractivity contribution in [2.75, 3.05) is 26.3 Å². The van der Waals surface area contributed by atoms with Crippen molar-refractivity contribution in [2.24, 2.45) is 11.7 Å². The maximum atomic E-state index is 6.10. The van der Waals surface area contributed by atoms with Crippen LogP contribution < -0.4 is 5.73 Å². The largest absolute Gasteiger partial charge is 0.381 e.